The van der Waals surface area contributed by atoms with Gasteiger partial charge in [0.1, 0.15) is 24.1 Å². The van der Waals surface area contributed by atoms with Crippen LogP contribution in [0.15, 0.2) is 66.2 Å². The van der Waals surface area contributed by atoms with Gasteiger partial charge in [0.15, 0.2) is 11.5 Å². The lowest BCUT2D eigenvalue weighted by molar-refractivity contribution is -0.112. The van der Waals surface area contributed by atoms with E-state index >= 15 is 0 Å². The van der Waals surface area contributed by atoms with Gasteiger partial charge in [0.2, 0.25) is 0 Å². The molecule has 0 aliphatic heterocycles. The zero-order valence-corrected chi connectivity index (χ0v) is 20.7. The first-order valence-corrected chi connectivity index (χ1v) is 11.5. The molecular weight excluding hydrogens is 566 g/mol. The normalized spacial score (nSPS) is 10.9. The van der Waals surface area contributed by atoms with Crippen molar-refractivity contribution in [2.75, 3.05) is 11.9 Å². The number of amides is 1. The monoisotopic (exact) mass is 586 g/mol. The van der Waals surface area contributed by atoms with Gasteiger partial charge in [-0.3, -0.25) is 4.79 Å². The number of carboxylic acid groups (broad SMARTS) is 1. The molecule has 0 aromatic heterocycles. The van der Waals surface area contributed by atoms with Crippen LogP contribution in [0.4, 0.5) is 10.1 Å². The fourth-order valence-corrected chi connectivity index (χ4v) is 3.88. The van der Waals surface area contributed by atoms with Crippen LogP contribution in [0.2, 0.25) is 0 Å². The van der Waals surface area contributed by atoms with Crippen molar-refractivity contribution in [3.63, 3.8) is 0 Å². The number of aromatic carboxylic acids is 1. The number of nitriles is 1. The number of ether oxygens (including phenoxy) is 2. The van der Waals surface area contributed by atoms with Crippen LogP contribution in [0.25, 0.3) is 6.08 Å². The molecule has 0 fully saturated rings. The number of carbonyl (C=O) groups excluding carboxylic acids is 1. The summed E-state index contributed by atoms with van der Waals surface area (Å²) in [6.07, 6.45) is 1.40. The van der Waals surface area contributed by atoms with Crippen LogP contribution in [0, 0.1) is 20.7 Å². The van der Waals surface area contributed by atoms with Crippen LogP contribution in [0.1, 0.15) is 28.4 Å². The van der Waals surface area contributed by atoms with Gasteiger partial charge >= 0.3 is 5.97 Å². The van der Waals surface area contributed by atoms with Gasteiger partial charge in [-0.05, 0) is 89.2 Å². The molecule has 0 unspecified atom stereocenters. The van der Waals surface area contributed by atoms with Gasteiger partial charge in [-0.2, -0.15) is 5.26 Å². The Hall–Kier alpha value is -3.91. The number of nitrogens with one attached hydrogen (secondary N) is 1. The molecule has 3 aromatic rings. The molecule has 0 saturated heterocycles. The van der Waals surface area contributed by atoms with Crippen molar-refractivity contribution in [1.82, 2.24) is 0 Å². The summed E-state index contributed by atoms with van der Waals surface area (Å²) in [6, 6.07) is 17.0. The molecule has 0 heterocycles. The van der Waals surface area contributed by atoms with Crippen LogP contribution >= 0.6 is 22.6 Å². The topological polar surface area (TPSA) is 109 Å². The predicted molar refractivity (Wildman–Crippen MR) is 137 cm³/mol. The smallest absolute Gasteiger partial charge is 0.335 e. The zero-order chi connectivity index (χ0) is 25.4. The highest BCUT2D eigenvalue weighted by atomic mass is 127. The van der Waals surface area contributed by atoms with Gasteiger partial charge in [0.05, 0.1) is 15.7 Å². The Bertz CT molecular complexity index is 1330. The molecule has 0 spiro atoms. The maximum Gasteiger partial charge on any atom is 0.335 e. The summed E-state index contributed by atoms with van der Waals surface area (Å²) in [5, 5.41) is 21.2. The van der Waals surface area contributed by atoms with E-state index in [9.17, 15) is 19.2 Å². The van der Waals surface area contributed by atoms with E-state index in [0.29, 0.717) is 32.8 Å². The van der Waals surface area contributed by atoms with Crippen molar-refractivity contribution in [3.05, 3.63) is 92.3 Å². The molecule has 0 saturated carbocycles. The van der Waals surface area contributed by atoms with E-state index in [1.54, 1.807) is 24.3 Å². The molecule has 178 valence electrons. The van der Waals surface area contributed by atoms with E-state index in [1.165, 1.54) is 42.5 Å². The van der Waals surface area contributed by atoms with E-state index in [4.69, 9.17) is 14.6 Å². The lowest BCUT2D eigenvalue weighted by Gasteiger charge is -2.15. The van der Waals surface area contributed by atoms with Gasteiger partial charge in [-0.15, -0.1) is 0 Å². The predicted octanol–water partition coefficient (Wildman–Crippen LogP) is 5.65. The van der Waals surface area contributed by atoms with Crippen molar-refractivity contribution in [3.8, 4) is 17.6 Å². The van der Waals surface area contributed by atoms with Gasteiger partial charge in [0, 0.05) is 5.69 Å². The quantitative estimate of drug-likeness (QED) is 0.191. The summed E-state index contributed by atoms with van der Waals surface area (Å²) in [7, 11) is 0. The third-order valence-corrected chi connectivity index (χ3v) is 5.45. The Morgan fingerprint density at radius 2 is 1.91 bits per heavy atom. The van der Waals surface area contributed by atoms with Crippen molar-refractivity contribution in [2.24, 2.45) is 0 Å². The van der Waals surface area contributed by atoms with Crippen LogP contribution in [-0.4, -0.2) is 23.6 Å². The Kier molecular flexibility index (Phi) is 8.80. The van der Waals surface area contributed by atoms with Crippen molar-refractivity contribution in [1.29, 1.82) is 5.26 Å². The molecule has 0 bridgehead atoms. The molecule has 0 atom stereocenters. The number of hydrogen-bond acceptors (Lipinski definition) is 5. The maximum atomic E-state index is 13.5. The third kappa shape index (κ3) is 7.04. The number of hydrogen-bond donors (Lipinski definition) is 2. The molecular formula is C26H20FIN2O5. The lowest BCUT2D eigenvalue weighted by Crippen LogP contribution is -2.14. The van der Waals surface area contributed by atoms with Gasteiger partial charge in [-0.25, -0.2) is 9.18 Å². The zero-order valence-electron chi connectivity index (χ0n) is 18.5. The van der Waals surface area contributed by atoms with E-state index in [-0.39, 0.29) is 29.2 Å². The van der Waals surface area contributed by atoms with Crippen molar-refractivity contribution in [2.45, 2.75) is 13.5 Å². The molecule has 35 heavy (non-hydrogen) atoms. The Morgan fingerprint density at radius 1 is 1.14 bits per heavy atom. The average molecular weight is 586 g/mol. The summed E-state index contributed by atoms with van der Waals surface area (Å²) in [6.45, 7) is 2.29. The molecule has 0 radical (unpaired) electrons. The number of carboxylic acids is 1. The van der Waals surface area contributed by atoms with Crippen LogP contribution in [0.5, 0.6) is 11.5 Å². The number of benzene rings is 3. The number of halogens is 2. The summed E-state index contributed by atoms with van der Waals surface area (Å²) >= 11 is 2.06. The number of anilines is 1. The minimum atomic E-state index is -1.13. The second-order valence-corrected chi connectivity index (χ2v) is 8.35. The highest BCUT2D eigenvalue weighted by molar-refractivity contribution is 14.1. The second kappa shape index (κ2) is 12.0. The van der Waals surface area contributed by atoms with Gasteiger partial charge in [-0.1, -0.05) is 18.2 Å². The molecule has 1 amide bonds. The summed E-state index contributed by atoms with van der Waals surface area (Å²) < 4.78 is 25.7. The number of rotatable bonds is 9. The van der Waals surface area contributed by atoms with Crippen molar-refractivity contribution < 1.29 is 28.6 Å². The van der Waals surface area contributed by atoms with E-state index < -0.39 is 11.9 Å². The number of carbonyl (C=O) groups is 2. The van der Waals surface area contributed by atoms with E-state index in [0.717, 1.165) is 0 Å². The summed E-state index contributed by atoms with van der Waals surface area (Å²) in [5.41, 5.74) is 1.26. The highest BCUT2D eigenvalue weighted by Gasteiger charge is 2.15. The minimum Gasteiger partial charge on any atom is -0.490 e. The fraction of sp³-hybridized carbons (Fsp3) is 0.115. The SMILES string of the molecule is CCOc1cc(/C=C(/C#N)C(=O)Nc2cccc(C(=O)O)c2)cc(I)c1OCc1cccc(F)c1. The van der Waals surface area contributed by atoms with Gasteiger partial charge in [0.25, 0.3) is 5.91 Å². The van der Waals surface area contributed by atoms with Gasteiger partial charge < -0.3 is 19.9 Å². The molecule has 0 aliphatic carbocycles. The standard InChI is InChI=1S/C26H20FIN2O5/c1-2-34-23-12-17(11-22(28)24(23)35-15-16-5-3-7-20(27)10-16)9-19(14-29)25(31)30-21-8-4-6-18(13-21)26(32)33/h3-13H,2,15H2,1H3,(H,30,31)(H,32,33)/b19-9-. The van der Waals surface area contributed by atoms with E-state index in [2.05, 4.69) is 27.9 Å². The first-order valence-electron chi connectivity index (χ1n) is 10.4. The average Bonchev–Trinajstić information content (AvgIpc) is 2.82. The molecule has 9 heteroatoms. The maximum absolute atomic E-state index is 13.5. The largest absolute Gasteiger partial charge is 0.490 e. The second-order valence-electron chi connectivity index (χ2n) is 7.19. The molecule has 3 aromatic carbocycles. The Morgan fingerprint density at radius 3 is 2.60 bits per heavy atom. The minimum absolute atomic E-state index is 0.00928. The lowest BCUT2D eigenvalue weighted by atomic mass is 10.1. The first kappa shape index (κ1) is 25.7. The summed E-state index contributed by atoms with van der Waals surface area (Å²) in [4.78, 5) is 23.8. The van der Waals surface area contributed by atoms with E-state index in [1.807, 2.05) is 13.0 Å². The van der Waals surface area contributed by atoms with Crippen LogP contribution in [-0.2, 0) is 11.4 Å². The molecule has 3 rings (SSSR count). The fourth-order valence-electron chi connectivity index (χ4n) is 3.10. The van der Waals surface area contributed by atoms with Crippen LogP contribution < -0.4 is 14.8 Å². The molecule has 0 aliphatic rings. The first-order chi connectivity index (χ1) is 16.8. The summed E-state index contributed by atoms with van der Waals surface area (Å²) in [5.74, 6) is -1.30. The Labute approximate surface area is 214 Å². The van der Waals surface area contributed by atoms with Crippen LogP contribution in [0.3, 0.4) is 0 Å². The molecule has 2 N–H and O–H groups in total. The van der Waals surface area contributed by atoms with Crippen molar-refractivity contribution >= 4 is 46.2 Å². The Balaban J connectivity index is 1.85. The third-order valence-electron chi connectivity index (χ3n) is 4.65. The molecule has 7 nitrogen and oxygen atoms in total. The highest BCUT2D eigenvalue weighted by Crippen LogP contribution is 2.35. The number of nitrogens with zero attached hydrogens (tertiary/aromatic N) is 1.